The number of aryl methyl sites for hydroxylation is 2. The molecule has 0 aromatic carbocycles. The summed E-state index contributed by atoms with van der Waals surface area (Å²) in [4.78, 5) is 18.9. The van der Waals surface area contributed by atoms with Gasteiger partial charge in [-0.3, -0.25) is 9.69 Å². The predicted octanol–water partition coefficient (Wildman–Crippen LogP) is 0.591. The van der Waals surface area contributed by atoms with Crippen molar-refractivity contribution in [3.63, 3.8) is 0 Å². The first-order valence-electron chi connectivity index (χ1n) is 7.08. The summed E-state index contributed by atoms with van der Waals surface area (Å²) in [6, 6.07) is 0. The van der Waals surface area contributed by atoms with E-state index < -0.39 is 5.54 Å². The molecule has 20 heavy (non-hydrogen) atoms. The van der Waals surface area contributed by atoms with Crippen molar-refractivity contribution >= 4 is 5.91 Å². The van der Waals surface area contributed by atoms with Gasteiger partial charge in [-0.15, -0.1) is 0 Å². The molecule has 1 aromatic rings. The van der Waals surface area contributed by atoms with E-state index in [4.69, 9.17) is 4.42 Å². The van der Waals surface area contributed by atoms with E-state index in [-0.39, 0.29) is 5.91 Å². The second-order valence-electron chi connectivity index (χ2n) is 5.73. The number of hydrogen-bond donors (Lipinski definition) is 2. The predicted molar refractivity (Wildman–Crippen MR) is 76.3 cm³/mol. The van der Waals surface area contributed by atoms with Crippen LogP contribution in [-0.2, 0) is 11.3 Å². The van der Waals surface area contributed by atoms with Gasteiger partial charge in [0, 0.05) is 26.2 Å². The molecule has 0 spiro atoms. The van der Waals surface area contributed by atoms with Gasteiger partial charge < -0.3 is 15.1 Å². The number of amides is 1. The second kappa shape index (κ2) is 5.93. The fourth-order valence-corrected chi connectivity index (χ4v) is 2.35. The zero-order valence-corrected chi connectivity index (χ0v) is 12.7. The summed E-state index contributed by atoms with van der Waals surface area (Å²) in [6.07, 6.45) is 0. The average Bonchev–Trinajstić information content (AvgIpc) is 2.76. The maximum Gasteiger partial charge on any atom is 0.240 e. The third-order valence-electron chi connectivity index (χ3n) is 3.94. The van der Waals surface area contributed by atoms with E-state index in [1.807, 2.05) is 27.7 Å². The molecule has 0 aliphatic carbocycles. The van der Waals surface area contributed by atoms with Gasteiger partial charge in [-0.1, -0.05) is 0 Å². The lowest BCUT2D eigenvalue weighted by Gasteiger charge is -2.39. The summed E-state index contributed by atoms with van der Waals surface area (Å²) in [5.41, 5.74) is 0.356. The second-order valence-corrected chi connectivity index (χ2v) is 5.73. The number of hydrogen-bond acceptors (Lipinski definition) is 5. The Kier molecular flexibility index (Phi) is 4.45. The molecule has 1 fully saturated rings. The fourth-order valence-electron chi connectivity index (χ4n) is 2.35. The molecule has 0 atom stereocenters. The first kappa shape index (κ1) is 15.0. The number of carbonyl (C=O) groups excluding carboxylic acids is 1. The lowest BCUT2D eigenvalue weighted by Crippen LogP contribution is -2.59. The largest absolute Gasteiger partial charge is 0.444 e. The number of nitrogens with zero attached hydrogens (tertiary/aromatic N) is 2. The van der Waals surface area contributed by atoms with Gasteiger partial charge in [-0.05, 0) is 27.7 Å². The Morgan fingerprint density at radius 2 is 2.05 bits per heavy atom. The summed E-state index contributed by atoms with van der Waals surface area (Å²) in [5, 5.41) is 6.21. The number of aromatic nitrogens is 1. The Morgan fingerprint density at radius 1 is 1.40 bits per heavy atom. The first-order valence-corrected chi connectivity index (χ1v) is 7.08. The normalized spacial score (nSPS) is 17.2. The van der Waals surface area contributed by atoms with Gasteiger partial charge in [0.2, 0.25) is 11.8 Å². The van der Waals surface area contributed by atoms with Crippen molar-refractivity contribution in [2.75, 3.05) is 26.2 Å². The van der Waals surface area contributed by atoms with E-state index in [1.165, 1.54) is 0 Å². The molecular weight excluding hydrogens is 256 g/mol. The molecule has 0 saturated carbocycles. The van der Waals surface area contributed by atoms with E-state index in [9.17, 15) is 4.79 Å². The zero-order valence-electron chi connectivity index (χ0n) is 12.7. The molecule has 1 aromatic heterocycles. The van der Waals surface area contributed by atoms with E-state index in [1.54, 1.807) is 0 Å². The molecule has 2 N–H and O–H groups in total. The number of piperazine rings is 1. The number of nitrogens with one attached hydrogen (secondary N) is 2. The molecule has 1 aliphatic heterocycles. The van der Waals surface area contributed by atoms with Crippen molar-refractivity contribution in [1.82, 2.24) is 20.5 Å². The molecule has 2 rings (SSSR count). The lowest BCUT2D eigenvalue weighted by atomic mass is 10.0. The molecule has 0 unspecified atom stereocenters. The zero-order chi connectivity index (χ0) is 14.8. The van der Waals surface area contributed by atoms with Crippen molar-refractivity contribution < 1.29 is 9.21 Å². The van der Waals surface area contributed by atoms with Gasteiger partial charge in [0.25, 0.3) is 0 Å². The summed E-state index contributed by atoms with van der Waals surface area (Å²) in [6.45, 7) is 11.6. The topological polar surface area (TPSA) is 70.4 Å². The van der Waals surface area contributed by atoms with Crippen LogP contribution in [0.3, 0.4) is 0 Å². The number of rotatable bonds is 4. The van der Waals surface area contributed by atoms with Crippen molar-refractivity contribution in [3.05, 3.63) is 17.3 Å². The van der Waals surface area contributed by atoms with Crippen LogP contribution in [0, 0.1) is 13.8 Å². The van der Waals surface area contributed by atoms with E-state index in [2.05, 4.69) is 20.5 Å². The highest BCUT2D eigenvalue weighted by atomic mass is 16.4. The van der Waals surface area contributed by atoms with Crippen LogP contribution >= 0.6 is 0 Å². The van der Waals surface area contributed by atoms with E-state index >= 15 is 0 Å². The van der Waals surface area contributed by atoms with Crippen LogP contribution in [0.4, 0.5) is 0 Å². The molecular formula is C14H24N4O2. The highest BCUT2D eigenvalue weighted by Crippen LogP contribution is 2.16. The van der Waals surface area contributed by atoms with Gasteiger partial charge in [-0.2, -0.15) is 0 Å². The average molecular weight is 280 g/mol. The Morgan fingerprint density at radius 3 is 2.60 bits per heavy atom. The quantitative estimate of drug-likeness (QED) is 0.845. The number of carbonyl (C=O) groups is 1. The summed E-state index contributed by atoms with van der Waals surface area (Å²) in [7, 11) is 0. The van der Waals surface area contributed by atoms with Gasteiger partial charge in [0.1, 0.15) is 5.76 Å². The Bertz CT molecular complexity index is 456. The van der Waals surface area contributed by atoms with Crippen molar-refractivity contribution in [2.24, 2.45) is 0 Å². The van der Waals surface area contributed by atoms with Crippen LogP contribution in [0.1, 0.15) is 31.2 Å². The molecule has 1 amide bonds. The van der Waals surface area contributed by atoms with Gasteiger partial charge in [0.05, 0.1) is 17.8 Å². The minimum absolute atomic E-state index is 0.00732. The lowest BCUT2D eigenvalue weighted by molar-refractivity contribution is -0.132. The molecule has 6 heteroatoms. The van der Waals surface area contributed by atoms with Crippen LogP contribution in [0.25, 0.3) is 0 Å². The molecule has 1 aliphatic rings. The third-order valence-corrected chi connectivity index (χ3v) is 3.94. The van der Waals surface area contributed by atoms with Crippen LogP contribution in [0.5, 0.6) is 0 Å². The summed E-state index contributed by atoms with van der Waals surface area (Å²) in [5.74, 6) is 1.37. The van der Waals surface area contributed by atoms with Gasteiger partial charge in [0.15, 0.2) is 0 Å². The van der Waals surface area contributed by atoms with Crippen LogP contribution in [-0.4, -0.2) is 47.5 Å². The fraction of sp³-hybridized carbons (Fsp3) is 0.714. The highest BCUT2D eigenvalue weighted by Gasteiger charge is 2.35. The Balaban J connectivity index is 1.92. The van der Waals surface area contributed by atoms with E-state index in [0.29, 0.717) is 12.4 Å². The van der Waals surface area contributed by atoms with Crippen LogP contribution in [0.2, 0.25) is 0 Å². The van der Waals surface area contributed by atoms with Gasteiger partial charge in [-0.25, -0.2) is 4.98 Å². The molecule has 6 nitrogen and oxygen atoms in total. The van der Waals surface area contributed by atoms with Crippen LogP contribution in [0.15, 0.2) is 4.42 Å². The minimum Gasteiger partial charge on any atom is -0.444 e. The maximum absolute atomic E-state index is 12.4. The molecule has 0 radical (unpaired) electrons. The summed E-state index contributed by atoms with van der Waals surface area (Å²) >= 11 is 0. The molecule has 1 saturated heterocycles. The van der Waals surface area contributed by atoms with Crippen molar-refractivity contribution in [3.8, 4) is 0 Å². The van der Waals surface area contributed by atoms with Crippen LogP contribution < -0.4 is 10.6 Å². The molecule has 0 bridgehead atoms. The standard InChI is InChI=1S/C14H24N4O2/c1-10-11(2)20-12(17-10)9-16-13(19)14(3,4)18-7-5-15-6-8-18/h15H,5-9H2,1-4H3,(H,16,19). The number of oxazole rings is 1. The molecule has 112 valence electrons. The molecule has 2 heterocycles. The first-order chi connectivity index (χ1) is 9.41. The van der Waals surface area contributed by atoms with Crippen molar-refractivity contribution in [1.29, 1.82) is 0 Å². The van der Waals surface area contributed by atoms with Crippen molar-refractivity contribution in [2.45, 2.75) is 39.8 Å². The Labute approximate surface area is 119 Å². The highest BCUT2D eigenvalue weighted by molar-refractivity contribution is 5.85. The van der Waals surface area contributed by atoms with Gasteiger partial charge >= 0.3 is 0 Å². The minimum atomic E-state index is -0.515. The SMILES string of the molecule is Cc1nc(CNC(=O)C(C)(C)N2CCNCC2)oc1C. The smallest absolute Gasteiger partial charge is 0.240 e. The third kappa shape index (κ3) is 3.19. The van der Waals surface area contributed by atoms with E-state index in [0.717, 1.165) is 37.6 Å². The Hall–Kier alpha value is -1.40. The maximum atomic E-state index is 12.4. The monoisotopic (exact) mass is 280 g/mol. The summed E-state index contributed by atoms with van der Waals surface area (Å²) < 4.78 is 5.47.